The Labute approximate surface area is 135 Å². The van der Waals surface area contributed by atoms with Crippen molar-refractivity contribution in [2.24, 2.45) is 0 Å². The molecule has 22 heavy (non-hydrogen) atoms. The summed E-state index contributed by atoms with van der Waals surface area (Å²) in [5.41, 5.74) is 0.958. The van der Waals surface area contributed by atoms with Gasteiger partial charge in [-0.15, -0.1) is 0 Å². The Kier molecular flexibility index (Phi) is 4.34. The second kappa shape index (κ2) is 6.41. The predicted octanol–water partition coefficient (Wildman–Crippen LogP) is 4.70. The lowest BCUT2D eigenvalue weighted by molar-refractivity contribution is -0.129. The Morgan fingerprint density at radius 3 is 2.64 bits per heavy atom. The van der Waals surface area contributed by atoms with E-state index in [4.69, 9.17) is 16.0 Å². The second-order valence-electron chi connectivity index (χ2n) is 5.55. The van der Waals surface area contributed by atoms with E-state index in [-0.39, 0.29) is 11.9 Å². The van der Waals surface area contributed by atoms with E-state index in [0.29, 0.717) is 11.1 Å². The van der Waals surface area contributed by atoms with Crippen LogP contribution in [0.1, 0.15) is 37.1 Å². The minimum Gasteiger partial charge on any atom is -0.467 e. The molecule has 1 aliphatic rings. The summed E-state index contributed by atoms with van der Waals surface area (Å²) < 4.78 is 5.45. The van der Waals surface area contributed by atoms with Crippen molar-refractivity contribution in [3.05, 3.63) is 65.1 Å². The molecule has 0 spiro atoms. The van der Waals surface area contributed by atoms with Crippen LogP contribution in [0.2, 0.25) is 5.02 Å². The van der Waals surface area contributed by atoms with Crippen molar-refractivity contribution in [1.82, 2.24) is 4.90 Å². The van der Waals surface area contributed by atoms with Crippen LogP contribution in [-0.2, 0) is 4.79 Å². The molecule has 1 unspecified atom stereocenters. The van der Waals surface area contributed by atoms with Gasteiger partial charge in [-0.2, -0.15) is 0 Å². The SMILES string of the molecule is CC(c1ccco1)N(C(=O)C=Cc1ccc(Cl)cc1)C1CC1. The number of amides is 1. The Balaban J connectivity index is 1.74. The number of hydrogen-bond acceptors (Lipinski definition) is 2. The Hall–Kier alpha value is -2.00. The highest BCUT2D eigenvalue weighted by molar-refractivity contribution is 6.30. The third-order valence-corrected chi connectivity index (χ3v) is 4.11. The van der Waals surface area contributed by atoms with Crippen molar-refractivity contribution >= 4 is 23.6 Å². The van der Waals surface area contributed by atoms with Crippen LogP contribution in [0.5, 0.6) is 0 Å². The quantitative estimate of drug-likeness (QED) is 0.749. The van der Waals surface area contributed by atoms with Crippen molar-refractivity contribution in [2.45, 2.75) is 31.8 Å². The van der Waals surface area contributed by atoms with E-state index in [1.165, 1.54) is 0 Å². The smallest absolute Gasteiger partial charge is 0.247 e. The Morgan fingerprint density at radius 1 is 1.32 bits per heavy atom. The molecule has 114 valence electrons. The number of nitrogens with zero attached hydrogens (tertiary/aromatic N) is 1. The molecule has 1 aliphatic carbocycles. The number of halogens is 1. The van der Waals surface area contributed by atoms with E-state index in [9.17, 15) is 4.79 Å². The van der Waals surface area contributed by atoms with Crippen LogP contribution >= 0.6 is 11.6 Å². The number of benzene rings is 1. The van der Waals surface area contributed by atoms with Gasteiger partial charge in [0, 0.05) is 17.1 Å². The summed E-state index contributed by atoms with van der Waals surface area (Å²) in [6.45, 7) is 2.01. The second-order valence-corrected chi connectivity index (χ2v) is 5.99. The number of carbonyl (C=O) groups excluding carboxylic acids is 1. The summed E-state index contributed by atoms with van der Waals surface area (Å²) >= 11 is 5.86. The summed E-state index contributed by atoms with van der Waals surface area (Å²) in [4.78, 5) is 14.5. The van der Waals surface area contributed by atoms with Crippen molar-refractivity contribution in [3.63, 3.8) is 0 Å². The zero-order valence-electron chi connectivity index (χ0n) is 12.4. The van der Waals surface area contributed by atoms with Gasteiger partial charge in [0.1, 0.15) is 5.76 Å². The van der Waals surface area contributed by atoms with Crippen molar-refractivity contribution in [1.29, 1.82) is 0 Å². The maximum Gasteiger partial charge on any atom is 0.247 e. The van der Waals surface area contributed by atoms with E-state index in [1.54, 1.807) is 12.3 Å². The molecule has 3 nitrogen and oxygen atoms in total. The molecule has 0 saturated heterocycles. The summed E-state index contributed by atoms with van der Waals surface area (Å²) in [5.74, 6) is 0.835. The fraction of sp³-hybridized carbons (Fsp3) is 0.278. The molecule has 1 aromatic heterocycles. The number of rotatable bonds is 5. The molecular formula is C18H18ClNO2. The molecule has 1 fully saturated rings. The summed E-state index contributed by atoms with van der Waals surface area (Å²) in [5, 5.41) is 0.689. The Morgan fingerprint density at radius 2 is 2.05 bits per heavy atom. The maximum absolute atomic E-state index is 12.6. The minimum absolute atomic E-state index is 0.0151. The number of furan rings is 1. The molecule has 2 aromatic rings. The fourth-order valence-electron chi connectivity index (χ4n) is 2.53. The highest BCUT2D eigenvalue weighted by Gasteiger charge is 2.36. The molecule has 0 aliphatic heterocycles. The van der Waals surface area contributed by atoms with Crippen LogP contribution < -0.4 is 0 Å². The topological polar surface area (TPSA) is 33.5 Å². The minimum atomic E-state index is -0.0510. The van der Waals surface area contributed by atoms with Crippen LogP contribution in [0.4, 0.5) is 0 Å². The standard InChI is InChI=1S/C18H18ClNO2/c1-13(17-3-2-12-22-17)20(16-9-10-16)18(21)11-6-14-4-7-15(19)8-5-14/h2-8,11-13,16H,9-10H2,1H3. The third-order valence-electron chi connectivity index (χ3n) is 3.86. The number of hydrogen-bond donors (Lipinski definition) is 0. The van der Waals surface area contributed by atoms with Crippen molar-refractivity contribution in [2.75, 3.05) is 0 Å². The average molecular weight is 316 g/mol. The van der Waals surface area contributed by atoms with Crippen molar-refractivity contribution < 1.29 is 9.21 Å². The van der Waals surface area contributed by atoms with Gasteiger partial charge in [-0.3, -0.25) is 4.79 Å². The van der Waals surface area contributed by atoms with E-state index in [1.807, 2.05) is 54.3 Å². The molecule has 0 bridgehead atoms. The summed E-state index contributed by atoms with van der Waals surface area (Å²) in [6.07, 6.45) is 7.21. The van der Waals surface area contributed by atoms with E-state index < -0.39 is 0 Å². The molecule has 1 aromatic carbocycles. The van der Waals surface area contributed by atoms with Crippen LogP contribution in [0, 0.1) is 0 Å². The van der Waals surface area contributed by atoms with Gasteiger partial charge in [0.05, 0.1) is 12.3 Å². The molecule has 1 amide bonds. The van der Waals surface area contributed by atoms with Gasteiger partial charge in [0.25, 0.3) is 0 Å². The summed E-state index contributed by atoms with van der Waals surface area (Å²) in [7, 11) is 0. The summed E-state index contributed by atoms with van der Waals surface area (Å²) in [6, 6.07) is 11.5. The molecule has 1 heterocycles. The zero-order chi connectivity index (χ0) is 15.5. The lowest BCUT2D eigenvalue weighted by Crippen LogP contribution is -2.34. The fourth-order valence-corrected chi connectivity index (χ4v) is 2.66. The molecule has 3 rings (SSSR count). The predicted molar refractivity (Wildman–Crippen MR) is 87.5 cm³/mol. The largest absolute Gasteiger partial charge is 0.467 e. The van der Waals surface area contributed by atoms with Crippen LogP contribution in [-0.4, -0.2) is 16.8 Å². The Bertz CT molecular complexity index is 657. The molecule has 0 radical (unpaired) electrons. The third kappa shape index (κ3) is 3.42. The van der Waals surface area contributed by atoms with E-state index in [2.05, 4.69) is 0 Å². The van der Waals surface area contributed by atoms with Gasteiger partial charge in [-0.1, -0.05) is 23.7 Å². The molecule has 1 saturated carbocycles. The average Bonchev–Trinajstić information content (AvgIpc) is 3.18. The highest BCUT2D eigenvalue weighted by Crippen LogP contribution is 2.34. The normalized spacial score (nSPS) is 15.9. The molecule has 0 N–H and O–H groups in total. The molecule has 4 heteroatoms. The highest BCUT2D eigenvalue weighted by atomic mass is 35.5. The van der Waals surface area contributed by atoms with Gasteiger partial charge >= 0.3 is 0 Å². The van der Waals surface area contributed by atoms with Gasteiger partial charge in [0.2, 0.25) is 5.91 Å². The lowest BCUT2D eigenvalue weighted by Gasteiger charge is -2.26. The first-order valence-corrected chi connectivity index (χ1v) is 7.82. The molecule has 1 atom stereocenters. The maximum atomic E-state index is 12.6. The van der Waals surface area contributed by atoms with E-state index in [0.717, 1.165) is 24.2 Å². The first-order valence-electron chi connectivity index (χ1n) is 7.44. The van der Waals surface area contributed by atoms with Crippen LogP contribution in [0.25, 0.3) is 6.08 Å². The van der Waals surface area contributed by atoms with Gasteiger partial charge in [-0.05, 0) is 55.7 Å². The first kappa shape index (κ1) is 14.9. The van der Waals surface area contributed by atoms with Gasteiger partial charge in [0.15, 0.2) is 0 Å². The molecular weight excluding hydrogens is 298 g/mol. The first-order chi connectivity index (χ1) is 10.6. The number of carbonyl (C=O) groups is 1. The van der Waals surface area contributed by atoms with Gasteiger partial charge in [-0.25, -0.2) is 0 Å². The van der Waals surface area contributed by atoms with Crippen LogP contribution in [0.15, 0.2) is 53.2 Å². The monoisotopic (exact) mass is 315 g/mol. The van der Waals surface area contributed by atoms with Crippen molar-refractivity contribution in [3.8, 4) is 0 Å². The lowest BCUT2D eigenvalue weighted by atomic mass is 10.2. The zero-order valence-corrected chi connectivity index (χ0v) is 13.2. The van der Waals surface area contributed by atoms with Gasteiger partial charge < -0.3 is 9.32 Å². The van der Waals surface area contributed by atoms with E-state index >= 15 is 0 Å². The van der Waals surface area contributed by atoms with Crippen LogP contribution in [0.3, 0.4) is 0 Å².